The number of carbonyl (C=O) groups is 1. The molecule has 0 N–H and O–H groups in total. The van der Waals surface area contributed by atoms with E-state index < -0.39 is 0 Å². The molecule has 0 amide bonds. The molecule has 0 aliphatic rings. The van der Waals surface area contributed by atoms with Gasteiger partial charge in [-0.05, 0) is 23.7 Å². The van der Waals surface area contributed by atoms with Gasteiger partial charge in [0.15, 0.2) is 5.78 Å². The summed E-state index contributed by atoms with van der Waals surface area (Å²) in [5.41, 5.74) is 0.933. The van der Waals surface area contributed by atoms with Gasteiger partial charge in [-0.3, -0.25) is 4.79 Å². The van der Waals surface area contributed by atoms with E-state index in [2.05, 4.69) is 9.97 Å². The molecule has 5 heteroatoms. The molecule has 0 aliphatic carbocycles. The number of benzene rings is 1. The van der Waals surface area contributed by atoms with Crippen LogP contribution in [0.2, 0.25) is 5.28 Å². The lowest BCUT2D eigenvalue weighted by atomic mass is 10.1. The summed E-state index contributed by atoms with van der Waals surface area (Å²) in [5.74, 6) is 0.524. The summed E-state index contributed by atoms with van der Waals surface area (Å²) in [6, 6.07) is 5.22. The Kier molecular flexibility index (Phi) is 2.75. The van der Waals surface area contributed by atoms with Crippen LogP contribution in [0.5, 0.6) is 5.75 Å². The Morgan fingerprint density at radius 3 is 2.75 bits per heavy atom. The molecule has 82 valence electrons. The molecule has 2 rings (SSSR count). The van der Waals surface area contributed by atoms with Gasteiger partial charge in [0, 0.05) is 18.4 Å². The molecular weight excluding hydrogens is 228 g/mol. The highest BCUT2D eigenvalue weighted by molar-refractivity contribution is 6.29. The van der Waals surface area contributed by atoms with Gasteiger partial charge >= 0.3 is 0 Å². The number of hydrogen-bond acceptors (Lipinski definition) is 4. The Morgan fingerprint density at radius 2 is 2.12 bits per heavy atom. The second-order valence-electron chi connectivity index (χ2n) is 3.28. The number of halogens is 1. The molecule has 0 saturated carbocycles. The van der Waals surface area contributed by atoms with Crippen LogP contribution in [0.1, 0.15) is 17.4 Å². The predicted octanol–water partition coefficient (Wildman–Crippen LogP) is 2.49. The molecule has 1 heterocycles. The van der Waals surface area contributed by atoms with Crippen LogP contribution in [0.15, 0.2) is 18.2 Å². The lowest BCUT2D eigenvalue weighted by molar-refractivity contribution is 0.101. The number of fused-ring (bicyclic) bond motifs is 1. The second kappa shape index (κ2) is 4.06. The molecule has 0 aliphatic heterocycles. The maximum Gasteiger partial charge on any atom is 0.223 e. The molecular formula is C11H9ClN2O2. The lowest BCUT2D eigenvalue weighted by Crippen LogP contribution is -2.00. The summed E-state index contributed by atoms with van der Waals surface area (Å²) in [6.45, 7) is 1.45. The van der Waals surface area contributed by atoms with Crippen molar-refractivity contribution in [3.05, 3.63) is 29.2 Å². The van der Waals surface area contributed by atoms with Crippen molar-refractivity contribution in [1.29, 1.82) is 0 Å². The zero-order valence-electron chi connectivity index (χ0n) is 8.82. The summed E-state index contributed by atoms with van der Waals surface area (Å²) in [6.07, 6.45) is 0. The first-order valence-corrected chi connectivity index (χ1v) is 5.02. The minimum Gasteiger partial charge on any atom is -0.497 e. The van der Waals surface area contributed by atoms with Gasteiger partial charge in [-0.1, -0.05) is 0 Å². The van der Waals surface area contributed by atoms with Crippen molar-refractivity contribution in [2.75, 3.05) is 7.11 Å². The first-order chi connectivity index (χ1) is 7.61. The van der Waals surface area contributed by atoms with Crippen molar-refractivity contribution < 1.29 is 9.53 Å². The third-order valence-corrected chi connectivity index (χ3v) is 2.38. The number of rotatable bonds is 2. The smallest absolute Gasteiger partial charge is 0.223 e. The standard InChI is InChI=1S/C11H9ClN2O2/c1-6(15)10-8-4-3-7(16-2)5-9(8)13-11(12)14-10/h3-5H,1-2H3. The molecule has 1 aromatic heterocycles. The van der Waals surface area contributed by atoms with Crippen LogP contribution in [0.4, 0.5) is 0 Å². The van der Waals surface area contributed by atoms with Crippen molar-refractivity contribution in [3.8, 4) is 5.75 Å². The molecule has 0 fully saturated rings. The number of aromatic nitrogens is 2. The molecule has 2 aromatic rings. The highest BCUT2D eigenvalue weighted by Gasteiger charge is 2.11. The molecule has 0 unspecified atom stereocenters. The zero-order valence-corrected chi connectivity index (χ0v) is 9.58. The van der Waals surface area contributed by atoms with E-state index in [1.165, 1.54) is 6.92 Å². The number of ether oxygens (including phenoxy) is 1. The SMILES string of the molecule is COc1ccc2c(C(C)=O)nc(Cl)nc2c1. The maximum atomic E-state index is 11.4. The van der Waals surface area contributed by atoms with Crippen LogP contribution in [0.3, 0.4) is 0 Å². The van der Waals surface area contributed by atoms with Crippen LogP contribution in [0.25, 0.3) is 10.9 Å². The summed E-state index contributed by atoms with van der Waals surface area (Å²) in [5, 5.41) is 0.739. The van der Waals surface area contributed by atoms with Crippen LogP contribution < -0.4 is 4.74 Å². The Bertz CT molecular complexity index is 569. The predicted molar refractivity (Wildman–Crippen MR) is 61.1 cm³/mol. The van der Waals surface area contributed by atoms with Crippen molar-refractivity contribution in [1.82, 2.24) is 9.97 Å². The number of ketones is 1. The van der Waals surface area contributed by atoms with E-state index in [0.29, 0.717) is 22.3 Å². The third-order valence-electron chi connectivity index (χ3n) is 2.21. The fraction of sp³-hybridized carbons (Fsp3) is 0.182. The van der Waals surface area contributed by atoms with Crippen molar-refractivity contribution >= 4 is 28.3 Å². The highest BCUT2D eigenvalue weighted by atomic mass is 35.5. The van der Waals surface area contributed by atoms with E-state index in [-0.39, 0.29) is 11.1 Å². The van der Waals surface area contributed by atoms with Gasteiger partial charge in [-0.2, -0.15) is 0 Å². The van der Waals surface area contributed by atoms with E-state index in [1.807, 2.05) is 0 Å². The van der Waals surface area contributed by atoms with E-state index in [4.69, 9.17) is 16.3 Å². The van der Waals surface area contributed by atoms with E-state index in [0.717, 1.165) is 0 Å². The molecule has 0 radical (unpaired) electrons. The third kappa shape index (κ3) is 1.84. The molecule has 0 saturated heterocycles. The molecule has 0 bridgehead atoms. The molecule has 0 atom stereocenters. The molecule has 0 spiro atoms. The zero-order chi connectivity index (χ0) is 11.7. The number of nitrogens with zero attached hydrogens (tertiary/aromatic N) is 2. The molecule has 4 nitrogen and oxygen atoms in total. The van der Waals surface area contributed by atoms with Gasteiger partial charge in [0.05, 0.1) is 12.6 Å². The largest absolute Gasteiger partial charge is 0.497 e. The normalized spacial score (nSPS) is 10.4. The second-order valence-corrected chi connectivity index (χ2v) is 3.62. The maximum absolute atomic E-state index is 11.4. The van der Waals surface area contributed by atoms with Gasteiger partial charge < -0.3 is 4.74 Å². The van der Waals surface area contributed by atoms with Crippen LogP contribution in [0, 0.1) is 0 Å². The molecule has 16 heavy (non-hydrogen) atoms. The molecule has 1 aromatic carbocycles. The van der Waals surface area contributed by atoms with Crippen molar-refractivity contribution in [2.45, 2.75) is 6.92 Å². The summed E-state index contributed by atoms with van der Waals surface area (Å²) in [4.78, 5) is 19.4. The average molecular weight is 237 g/mol. The number of hydrogen-bond donors (Lipinski definition) is 0. The quantitative estimate of drug-likeness (QED) is 0.594. The number of methoxy groups -OCH3 is 1. The van der Waals surface area contributed by atoms with Crippen LogP contribution in [-0.2, 0) is 0 Å². The summed E-state index contributed by atoms with van der Waals surface area (Å²) < 4.78 is 5.07. The van der Waals surface area contributed by atoms with Gasteiger partial charge in [-0.15, -0.1) is 0 Å². The van der Waals surface area contributed by atoms with E-state index in [9.17, 15) is 4.79 Å². The van der Waals surface area contributed by atoms with Crippen LogP contribution in [-0.4, -0.2) is 22.9 Å². The Morgan fingerprint density at radius 1 is 1.38 bits per heavy atom. The van der Waals surface area contributed by atoms with Gasteiger partial charge in [0.1, 0.15) is 11.4 Å². The fourth-order valence-electron chi connectivity index (χ4n) is 1.48. The Hall–Kier alpha value is -1.68. The van der Waals surface area contributed by atoms with Gasteiger partial charge in [0.2, 0.25) is 5.28 Å². The van der Waals surface area contributed by atoms with Gasteiger partial charge in [0.25, 0.3) is 0 Å². The first-order valence-electron chi connectivity index (χ1n) is 4.64. The summed E-state index contributed by atoms with van der Waals surface area (Å²) >= 11 is 5.75. The summed E-state index contributed by atoms with van der Waals surface area (Å²) in [7, 11) is 1.57. The fourth-order valence-corrected chi connectivity index (χ4v) is 1.65. The Balaban J connectivity index is 2.78. The monoisotopic (exact) mass is 236 g/mol. The average Bonchev–Trinajstić information content (AvgIpc) is 2.26. The first kappa shape index (κ1) is 10.8. The number of Topliss-reactive ketones (excluding diaryl/α,β-unsaturated/α-hetero) is 1. The van der Waals surface area contributed by atoms with Crippen molar-refractivity contribution in [2.24, 2.45) is 0 Å². The topological polar surface area (TPSA) is 52.1 Å². The highest BCUT2D eigenvalue weighted by Crippen LogP contribution is 2.22. The number of carbonyl (C=O) groups excluding carboxylic acids is 1. The van der Waals surface area contributed by atoms with Gasteiger partial charge in [-0.25, -0.2) is 9.97 Å². The Labute approximate surface area is 97.2 Å². The van der Waals surface area contributed by atoms with E-state index in [1.54, 1.807) is 25.3 Å². The minimum absolute atomic E-state index is 0.0611. The lowest BCUT2D eigenvalue weighted by Gasteiger charge is -2.05. The van der Waals surface area contributed by atoms with E-state index >= 15 is 0 Å². The minimum atomic E-state index is -0.139. The van der Waals surface area contributed by atoms with Crippen LogP contribution >= 0.6 is 11.6 Å². The van der Waals surface area contributed by atoms with Crippen molar-refractivity contribution in [3.63, 3.8) is 0 Å².